The molecule has 0 amide bonds. The van der Waals surface area contributed by atoms with E-state index in [-0.39, 0.29) is 0 Å². The first kappa shape index (κ1) is 19.4. The second kappa shape index (κ2) is 9.52. The maximum atomic E-state index is 10.7. The molecule has 0 saturated heterocycles. The van der Waals surface area contributed by atoms with Gasteiger partial charge >= 0.3 is 0 Å². The van der Waals surface area contributed by atoms with Crippen molar-refractivity contribution in [2.24, 2.45) is 0 Å². The second-order valence-corrected chi connectivity index (χ2v) is 6.78. The van der Waals surface area contributed by atoms with Gasteiger partial charge in [0.2, 0.25) is 0 Å². The fourth-order valence-electron chi connectivity index (χ4n) is 2.05. The van der Waals surface area contributed by atoms with E-state index in [2.05, 4.69) is 15.9 Å². The third-order valence-electron chi connectivity index (χ3n) is 3.26. The summed E-state index contributed by atoms with van der Waals surface area (Å²) in [5, 5.41) is 1.03. The van der Waals surface area contributed by atoms with Crippen LogP contribution in [0, 0.1) is 0 Å². The summed E-state index contributed by atoms with van der Waals surface area (Å²) < 4.78 is 0.937. The number of aldehydes is 2. The molecule has 3 aromatic carbocycles. The lowest BCUT2D eigenvalue weighted by atomic mass is 10.0. The Morgan fingerprint density at radius 3 is 1.84 bits per heavy atom. The zero-order valence-corrected chi connectivity index (χ0v) is 16.1. The molecule has 3 rings (SSSR count). The lowest BCUT2D eigenvalue weighted by Gasteiger charge is -2.04. The summed E-state index contributed by atoms with van der Waals surface area (Å²) in [7, 11) is 0. The number of rotatable bonds is 3. The van der Waals surface area contributed by atoms with Crippen molar-refractivity contribution in [3.63, 3.8) is 0 Å². The van der Waals surface area contributed by atoms with Gasteiger partial charge in [-0.2, -0.15) is 0 Å². The van der Waals surface area contributed by atoms with Gasteiger partial charge in [0.25, 0.3) is 0 Å². The number of benzene rings is 3. The molecular formula is C20H13BrCl2O2. The summed E-state index contributed by atoms with van der Waals surface area (Å²) in [6, 6.07) is 20.0. The van der Waals surface area contributed by atoms with Crippen LogP contribution in [-0.4, -0.2) is 12.6 Å². The van der Waals surface area contributed by atoms with Crippen molar-refractivity contribution in [1.29, 1.82) is 0 Å². The van der Waals surface area contributed by atoms with Crippen molar-refractivity contribution in [1.82, 2.24) is 0 Å². The third-order valence-corrected chi connectivity index (χ3v) is 4.49. The van der Waals surface area contributed by atoms with Gasteiger partial charge < -0.3 is 0 Å². The largest absolute Gasteiger partial charge is 0.298 e. The van der Waals surface area contributed by atoms with Crippen molar-refractivity contribution in [2.45, 2.75) is 0 Å². The van der Waals surface area contributed by atoms with Crippen molar-refractivity contribution in [2.75, 3.05) is 0 Å². The fraction of sp³-hybridized carbons (Fsp3) is 0. The summed E-state index contributed by atoms with van der Waals surface area (Å²) >= 11 is 15.0. The molecule has 0 spiro atoms. The predicted octanol–water partition coefficient (Wildman–Crippen LogP) is 6.73. The van der Waals surface area contributed by atoms with Crippen LogP contribution in [0.5, 0.6) is 0 Å². The van der Waals surface area contributed by atoms with E-state index in [1.807, 2.05) is 36.4 Å². The normalized spacial score (nSPS) is 9.72. The monoisotopic (exact) mass is 434 g/mol. The van der Waals surface area contributed by atoms with Crippen LogP contribution in [0.1, 0.15) is 20.7 Å². The molecule has 25 heavy (non-hydrogen) atoms. The molecule has 2 nitrogen and oxygen atoms in total. The fourth-order valence-corrected chi connectivity index (χ4v) is 2.76. The molecule has 5 heteroatoms. The molecule has 0 saturated carbocycles. The van der Waals surface area contributed by atoms with E-state index in [4.69, 9.17) is 23.2 Å². The van der Waals surface area contributed by atoms with Crippen LogP contribution < -0.4 is 0 Å². The molecule has 0 aliphatic carbocycles. The standard InChI is InChI=1S/C13H8Cl2O.C7H5BrO/c14-12-5-4-11(7-13(12)15)10-3-1-2-9(6-10)8-16;8-7-3-1-2-6(4-7)5-9/h1-8H;1-5H. The number of carbonyl (C=O) groups excluding carboxylic acids is 2. The molecule has 0 fully saturated rings. The zero-order valence-electron chi connectivity index (χ0n) is 13.0. The van der Waals surface area contributed by atoms with E-state index in [1.165, 1.54) is 0 Å². The molecule has 0 radical (unpaired) electrons. The highest BCUT2D eigenvalue weighted by molar-refractivity contribution is 9.10. The SMILES string of the molecule is O=Cc1cccc(-c2ccc(Cl)c(Cl)c2)c1.O=Cc1cccc(Br)c1. The third kappa shape index (κ3) is 5.82. The predicted molar refractivity (Wildman–Crippen MR) is 107 cm³/mol. The Labute approximate surface area is 164 Å². The Bertz CT molecular complexity index is 894. The second-order valence-electron chi connectivity index (χ2n) is 5.05. The van der Waals surface area contributed by atoms with Crippen LogP contribution in [0.3, 0.4) is 0 Å². The summed E-state index contributed by atoms with van der Waals surface area (Å²) in [5.41, 5.74) is 3.23. The molecule has 126 valence electrons. The molecule has 0 unspecified atom stereocenters. The molecule has 0 atom stereocenters. The average molecular weight is 436 g/mol. The highest BCUT2D eigenvalue weighted by atomic mass is 79.9. The van der Waals surface area contributed by atoms with Crippen molar-refractivity contribution >= 4 is 51.7 Å². The smallest absolute Gasteiger partial charge is 0.150 e. The van der Waals surface area contributed by atoms with Gasteiger partial charge in [0, 0.05) is 15.6 Å². The van der Waals surface area contributed by atoms with E-state index >= 15 is 0 Å². The topological polar surface area (TPSA) is 34.1 Å². The Kier molecular flexibility index (Phi) is 7.38. The van der Waals surface area contributed by atoms with E-state index in [9.17, 15) is 9.59 Å². The van der Waals surface area contributed by atoms with Crippen molar-refractivity contribution < 1.29 is 9.59 Å². The molecule has 0 N–H and O–H groups in total. The lowest BCUT2D eigenvalue weighted by molar-refractivity contribution is 0.111. The summed E-state index contributed by atoms with van der Waals surface area (Å²) in [6.45, 7) is 0. The van der Waals surface area contributed by atoms with E-state index in [0.717, 1.165) is 28.2 Å². The summed E-state index contributed by atoms with van der Waals surface area (Å²) in [6.07, 6.45) is 1.64. The maximum absolute atomic E-state index is 10.7. The molecule has 0 aliphatic rings. The first-order valence-corrected chi connectivity index (χ1v) is 8.80. The summed E-state index contributed by atoms with van der Waals surface area (Å²) in [4.78, 5) is 20.8. The van der Waals surface area contributed by atoms with Crippen LogP contribution in [-0.2, 0) is 0 Å². The Balaban J connectivity index is 0.000000212. The number of hydrogen-bond donors (Lipinski definition) is 0. The molecule has 0 heterocycles. The Morgan fingerprint density at radius 2 is 1.28 bits per heavy atom. The van der Waals surface area contributed by atoms with Gasteiger partial charge in [0.15, 0.2) is 0 Å². The number of hydrogen-bond acceptors (Lipinski definition) is 2. The van der Waals surface area contributed by atoms with Gasteiger partial charge in [-0.05, 0) is 41.5 Å². The van der Waals surface area contributed by atoms with Crippen LogP contribution in [0.4, 0.5) is 0 Å². The van der Waals surface area contributed by atoms with Crippen molar-refractivity contribution in [3.8, 4) is 11.1 Å². The number of halogens is 3. The lowest BCUT2D eigenvalue weighted by Crippen LogP contribution is -1.82. The highest BCUT2D eigenvalue weighted by Gasteiger charge is 2.02. The Hall–Kier alpha value is -1.94. The molecule has 0 aliphatic heterocycles. The van der Waals surface area contributed by atoms with Gasteiger partial charge in [-0.3, -0.25) is 9.59 Å². The minimum Gasteiger partial charge on any atom is -0.298 e. The zero-order chi connectivity index (χ0) is 18.2. The minimum absolute atomic E-state index is 0.510. The van der Waals surface area contributed by atoms with Gasteiger partial charge in [-0.1, -0.05) is 75.5 Å². The van der Waals surface area contributed by atoms with Crippen LogP contribution in [0.2, 0.25) is 10.0 Å². The molecule has 0 aromatic heterocycles. The highest BCUT2D eigenvalue weighted by Crippen LogP contribution is 2.28. The molecular weight excluding hydrogens is 423 g/mol. The van der Waals surface area contributed by atoms with Crippen LogP contribution >= 0.6 is 39.1 Å². The number of carbonyl (C=O) groups is 2. The van der Waals surface area contributed by atoms with E-state index in [0.29, 0.717) is 21.2 Å². The summed E-state index contributed by atoms with van der Waals surface area (Å²) in [5.74, 6) is 0. The van der Waals surface area contributed by atoms with Gasteiger partial charge in [-0.25, -0.2) is 0 Å². The van der Waals surface area contributed by atoms with Gasteiger partial charge in [0.1, 0.15) is 12.6 Å². The van der Waals surface area contributed by atoms with Crippen molar-refractivity contribution in [3.05, 3.63) is 92.4 Å². The minimum atomic E-state index is 0.510. The van der Waals surface area contributed by atoms with Crippen LogP contribution in [0.25, 0.3) is 11.1 Å². The first-order chi connectivity index (χ1) is 12.0. The quantitative estimate of drug-likeness (QED) is 0.427. The first-order valence-electron chi connectivity index (χ1n) is 7.25. The molecule has 0 bridgehead atoms. The average Bonchev–Trinajstić information content (AvgIpc) is 2.64. The van der Waals surface area contributed by atoms with E-state index in [1.54, 1.807) is 30.3 Å². The van der Waals surface area contributed by atoms with Gasteiger partial charge in [-0.15, -0.1) is 0 Å². The molecule has 3 aromatic rings. The van der Waals surface area contributed by atoms with Gasteiger partial charge in [0.05, 0.1) is 10.0 Å². The van der Waals surface area contributed by atoms with Crippen LogP contribution in [0.15, 0.2) is 71.2 Å². The maximum Gasteiger partial charge on any atom is 0.150 e. The van der Waals surface area contributed by atoms with E-state index < -0.39 is 0 Å². The Morgan fingerprint density at radius 1 is 0.680 bits per heavy atom.